The Morgan fingerprint density at radius 1 is 1.12 bits per heavy atom. The number of nitrogen functional groups attached to an aromatic ring is 1. The van der Waals surface area contributed by atoms with E-state index in [1.807, 2.05) is 20.2 Å². The SMILES string of the molecule is CN(C)C(=O)[C@H]1CC[C@H](Oc2nc(-c3ccc(N)nc3)nc(N3CCOC4CCCC43)n2)CC1. The molecule has 2 N–H and O–H groups in total. The van der Waals surface area contributed by atoms with Crippen LogP contribution in [0.15, 0.2) is 18.3 Å². The first-order valence-electron chi connectivity index (χ1n) is 12.2. The van der Waals surface area contributed by atoms with E-state index < -0.39 is 0 Å². The highest BCUT2D eigenvalue weighted by molar-refractivity contribution is 5.78. The molecule has 182 valence electrons. The van der Waals surface area contributed by atoms with Crippen LogP contribution in [0, 0.1) is 5.92 Å². The molecule has 1 amide bonds. The minimum absolute atomic E-state index is 0.0252. The molecule has 0 radical (unpaired) electrons. The zero-order valence-electron chi connectivity index (χ0n) is 19.9. The third-order valence-electron chi connectivity index (χ3n) is 7.12. The van der Waals surface area contributed by atoms with Crippen LogP contribution in [0.2, 0.25) is 0 Å². The summed E-state index contributed by atoms with van der Waals surface area (Å²) < 4.78 is 12.3. The van der Waals surface area contributed by atoms with Gasteiger partial charge < -0.3 is 25.0 Å². The molecular formula is C24H33N7O3. The number of fused-ring (bicyclic) bond motifs is 1. The number of amides is 1. The van der Waals surface area contributed by atoms with Crippen molar-refractivity contribution in [3.05, 3.63) is 18.3 Å². The van der Waals surface area contributed by atoms with E-state index in [4.69, 9.17) is 25.2 Å². The van der Waals surface area contributed by atoms with Gasteiger partial charge >= 0.3 is 6.01 Å². The summed E-state index contributed by atoms with van der Waals surface area (Å²) >= 11 is 0. The number of rotatable bonds is 5. The number of hydrogen-bond donors (Lipinski definition) is 1. The smallest absolute Gasteiger partial charge is 0.322 e. The molecule has 0 bridgehead atoms. The Morgan fingerprint density at radius 3 is 2.68 bits per heavy atom. The van der Waals surface area contributed by atoms with Crippen molar-refractivity contribution in [1.29, 1.82) is 0 Å². The number of nitrogens with two attached hydrogens (primary N) is 1. The van der Waals surface area contributed by atoms with E-state index in [1.165, 1.54) is 0 Å². The van der Waals surface area contributed by atoms with Gasteiger partial charge in [0.15, 0.2) is 5.82 Å². The molecule has 2 aromatic heterocycles. The fourth-order valence-corrected chi connectivity index (χ4v) is 5.31. The van der Waals surface area contributed by atoms with Gasteiger partial charge in [-0.05, 0) is 57.1 Å². The van der Waals surface area contributed by atoms with Crippen molar-refractivity contribution in [2.75, 3.05) is 37.9 Å². The Hall–Kier alpha value is -3.01. The number of hydrogen-bond acceptors (Lipinski definition) is 9. The fourth-order valence-electron chi connectivity index (χ4n) is 5.31. The van der Waals surface area contributed by atoms with Crippen molar-refractivity contribution in [2.45, 2.75) is 63.2 Å². The third-order valence-corrected chi connectivity index (χ3v) is 7.12. The van der Waals surface area contributed by atoms with Crippen LogP contribution in [0.1, 0.15) is 44.9 Å². The number of carbonyl (C=O) groups excluding carboxylic acids is 1. The molecule has 10 heteroatoms. The van der Waals surface area contributed by atoms with Crippen molar-refractivity contribution >= 4 is 17.7 Å². The van der Waals surface area contributed by atoms with Crippen LogP contribution in [0.25, 0.3) is 11.4 Å². The lowest BCUT2D eigenvalue weighted by atomic mass is 9.86. The van der Waals surface area contributed by atoms with Crippen molar-refractivity contribution in [3.8, 4) is 17.4 Å². The summed E-state index contributed by atoms with van der Waals surface area (Å²) in [6, 6.07) is 4.19. The number of anilines is 2. The van der Waals surface area contributed by atoms with Crippen LogP contribution in [-0.2, 0) is 9.53 Å². The van der Waals surface area contributed by atoms with Crippen molar-refractivity contribution in [3.63, 3.8) is 0 Å². The lowest BCUT2D eigenvalue weighted by Gasteiger charge is -2.37. The van der Waals surface area contributed by atoms with Crippen LogP contribution in [-0.4, -0.2) is 76.2 Å². The van der Waals surface area contributed by atoms with Crippen molar-refractivity contribution < 1.29 is 14.3 Å². The van der Waals surface area contributed by atoms with E-state index in [1.54, 1.807) is 17.2 Å². The second-order valence-corrected chi connectivity index (χ2v) is 9.64. The first-order valence-corrected chi connectivity index (χ1v) is 12.2. The predicted octanol–water partition coefficient (Wildman–Crippen LogP) is 2.30. The molecule has 0 aromatic carbocycles. The largest absolute Gasteiger partial charge is 0.460 e. The number of aromatic nitrogens is 4. The van der Waals surface area contributed by atoms with Gasteiger partial charge in [-0.25, -0.2) is 4.98 Å². The van der Waals surface area contributed by atoms with E-state index in [-0.39, 0.29) is 30.1 Å². The molecule has 3 heterocycles. The molecule has 10 nitrogen and oxygen atoms in total. The first-order chi connectivity index (χ1) is 16.5. The Kier molecular flexibility index (Phi) is 6.49. The molecule has 2 aromatic rings. The zero-order chi connectivity index (χ0) is 23.7. The molecule has 5 rings (SSSR count). The fraction of sp³-hybridized carbons (Fsp3) is 0.625. The van der Waals surface area contributed by atoms with Crippen LogP contribution in [0.3, 0.4) is 0 Å². The summed E-state index contributed by atoms with van der Waals surface area (Å²) in [7, 11) is 3.62. The van der Waals surface area contributed by atoms with E-state index in [0.29, 0.717) is 30.2 Å². The third kappa shape index (κ3) is 4.77. The van der Waals surface area contributed by atoms with Gasteiger partial charge in [0.2, 0.25) is 11.9 Å². The quantitative estimate of drug-likeness (QED) is 0.706. The average molecular weight is 468 g/mol. The zero-order valence-corrected chi connectivity index (χ0v) is 19.9. The highest BCUT2D eigenvalue weighted by Gasteiger charge is 2.38. The molecule has 2 atom stereocenters. The molecule has 1 aliphatic heterocycles. The van der Waals surface area contributed by atoms with Gasteiger partial charge in [0, 0.05) is 38.3 Å². The molecule has 2 unspecified atom stereocenters. The monoisotopic (exact) mass is 467 g/mol. The topological polar surface area (TPSA) is 120 Å². The van der Waals surface area contributed by atoms with Crippen molar-refractivity contribution in [2.24, 2.45) is 5.92 Å². The second-order valence-electron chi connectivity index (χ2n) is 9.64. The second kappa shape index (κ2) is 9.69. The molecule has 1 saturated heterocycles. The molecule has 34 heavy (non-hydrogen) atoms. The van der Waals surface area contributed by atoms with Gasteiger partial charge in [-0.2, -0.15) is 15.0 Å². The molecule has 0 spiro atoms. The summed E-state index contributed by atoms with van der Waals surface area (Å²) in [5, 5.41) is 0. The van der Waals surface area contributed by atoms with Gasteiger partial charge in [0.1, 0.15) is 11.9 Å². The Morgan fingerprint density at radius 2 is 1.94 bits per heavy atom. The highest BCUT2D eigenvalue weighted by atomic mass is 16.5. The molecular weight excluding hydrogens is 434 g/mol. The lowest BCUT2D eigenvalue weighted by Crippen LogP contribution is -2.49. The Bertz CT molecular complexity index is 1010. The van der Waals surface area contributed by atoms with Gasteiger partial charge in [0.25, 0.3) is 0 Å². The standard InChI is InChI=1S/C24H33N7O3/c1-30(2)22(32)15-6-9-17(10-7-15)34-24-28-21(16-8-11-20(25)26-14-16)27-23(29-24)31-12-13-33-19-5-3-4-18(19)31/h8,11,14-15,17-19H,3-7,9-10,12-13H2,1-2H3,(H2,25,26)/t15-,17-,18?,19?. The molecule has 3 aliphatic rings. The molecule has 3 fully saturated rings. The summed E-state index contributed by atoms with van der Waals surface area (Å²) in [6.07, 6.45) is 8.36. The number of nitrogens with zero attached hydrogens (tertiary/aromatic N) is 6. The van der Waals surface area contributed by atoms with Crippen LogP contribution in [0.5, 0.6) is 6.01 Å². The normalized spacial score (nSPS) is 26.7. The van der Waals surface area contributed by atoms with Crippen LogP contribution < -0.4 is 15.4 Å². The maximum Gasteiger partial charge on any atom is 0.322 e. The predicted molar refractivity (Wildman–Crippen MR) is 127 cm³/mol. The molecule has 2 saturated carbocycles. The Balaban J connectivity index is 1.39. The number of morpholine rings is 1. The van der Waals surface area contributed by atoms with E-state index >= 15 is 0 Å². The maximum atomic E-state index is 12.3. The van der Waals surface area contributed by atoms with E-state index in [9.17, 15) is 4.79 Å². The number of ether oxygens (including phenoxy) is 2. The summed E-state index contributed by atoms with van der Waals surface area (Å²) in [5.74, 6) is 1.84. The molecule has 2 aliphatic carbocycles. The van der Waals surface area contributed by atoms with Gasteiger partial charge in [-0.3, -0.25) is 4.79 Å². The van der Waals surface area contributed by atoms with Gasteiger partial charge in [-0.1, -0.05) is 0 Å². The van der Waals surface area contributed by atoms with E-state index in [2.05, 4.69) is 14.9 Å². The first kappa shape index (κ1) is 22.8. The van der Waals surface area contributed by atoms with Gasteiger partial charge in [-0.15, -0.1) is 0 Å². The van der Waals surface area contributed by atoms with Crippen LogP contribution in [0.4, 0.5) is 11.8 Å². The number of pyridine rings is 1. The number of carbonyl (C=O) groups is 1. The van der Waals surface area contributed by atoms with Gasteiger partial charge in [0.05, 0.1) is 18.8 Å². The maximum absolute atomic E-state index is 12.3. The Labute approximate surface area is 199 Å². The lowest BCUT2D eigenvalue weighted by molar-refractivity contribution is -0.134. The minimum atomic E-state index is -0.0252. The average Bonchev–Trinajstić information content (AvgIpc) is 3.33. The minimum Gasteiger partial charge on any atom is -0.460 e. The van der Waals surface area contributed by atoms with Crippen molar-refractivity contribution in [1.82, 2.24) is 24.8 Å². The summed E-state index contributed by atoms with van der Waals surface area (Å²) in [6.45, 7) is 1.40. The van der Waals surface area contributed by atoms with E-state index in [0.717, 1.165) is 57.1 Å². The summed E-state index contributed by atoms with van der Waals surface area (Å²) in [5.41, 5.74) is 6.54. The van der Waals surface area contributed by atoms with Crippen LogP contribution >= 0.6 is 0 Å². The highest BCUT2D eigenvalue weighted by Crippen LogP contribution is 2.34. The summed E-state index contributed by atoms with van der Waals surface area (Å²) in [4.78, 5) is 34.6.